The van der Waals surface area contributed by atoms with Gasteiger partial charge < -0.3 is 4.74 Å². The summed E-state index contributed by atoms with van der Waals surface area (Å²) in [6, 6.07) is 6.64. The Hall–Kier alpha value is -1.62. The fraction of sp³-hybridized carbons (Fsp3) is 0.400. The monoisotopic (exact) mass is 296 g/mol. The third-order valence-corrected chi connectivity index (χ3v) is 5.92. The zero-order valence-corrected chi connectivity index (χ0v) is 12.9. The van der Waals surface area contributed by atoms with Crippen LogP contribution < -0.4 is 0 Å². The van der Waals surface area contributed by atoms with E-state index in [4.69, 9.17) is 0 Å². The largest absolute Gasteiger partial charge is 0.469 e. The predicted molar refractivity (Wildman–Crippen MR) is 78.2 cm³/mol. The van der Waals surface area contributed by atoms with Crippen molar-refractivity contribution in [3.8, 4) is 0 Å². The highest BCUT2D eigenvalue weighted by atomic mass is 32.2. The fourth-order valence-corrected chi connectivity index (χ4v) is 3.41. The summed E-state index contributed by atoms with van der Waals surface area (Å²) in [5, 5.41) is 0. The first-order valence-electron chi connectivity index (χ1n) is 6.28. The van der Waals surface area contributed by atoms with Crippen LogP contribution in [0.25, 0.3) is 0 Å². The second-order valence-corrected chi connectivity index (χ2v) is 7.32. The number of methoxy groups -OCH3 is 1. The molecule has 0 saturated heterocycles. The molecule has 1 unspecified atom stereocenters. The van der Waals surface area contributed by atoms with Crippen molar-refractivity contribution in [3.05, 3.63) is 42.5 Å². The Morgan fingerprint density at radius 2 is 1.90 bits per heavy atom. The second-order valence-electron chi connectivity index (χ2n) is 4.91. The van der Waals surface area contributed by atoms with Gasteiger partial charge in [0.25, 0.3) is 0 Å². The Bertz CT molecular complexity index is 587. The molecule has 0 heterocycles. The minimum atomic E-state index is -3.60. The molecule has 4 nitrogen and oxygen atoms in total. The van der Waals surface area contributed by atoms with E-state index in [1.807, 2.05) is 6.92 Å². The van der Waals surface area contributed by atoms with Crippen molar-refractivity contribution in [1.82, 2.24) is 0 Å². The van der Waals surface area contributed by atoms with E-state index in [0.717, 1.165) is 5.56 Å². The molecule has 0 amide bonds. The van der Waals surface area contributed by atoms with Crippen LogP contribution in [0.1, 0.15) is 25.3 Å². The van der Waals surface area contributed by atoms with Gasteiger partial charge in [-0.2, -0.15) is 0 Å². The highest BCUT2D eigenvalue weighted by Crippen LogP contribution is 2.31. The van der Waals surface area contributed by atoms with E-state index < -0.39 is 20.6 Å². The molecule has 0 aromatic heterocycles. The Labute approximate surface area is 120 Å². The molecule has 1 aromatic carbocycles. The molecule has 0 aliphatic heterocycles. The first kappa shape index (κ1) is 16.4. The maximum atomic E-state index is 12.7. The van der Waals surface area contributed by atoms with Crippen molar-refractivity contribution >= 4 is 15.8 Å². The Morgan fingerprint density at radius 3 is 2.35 bits per heavy atom. The van der Waals surface area contributed by atoms with Crippen LogP contribution >= 0.6 is 0 Å². The molecule has 5 heteroatoms. The van der Waals surface area contributed by atoms with Crippen molar-refractivity contribution < 1.29 is 17.9 Å². The lowest BCUT2D eigenvalue weighted by molar-refractivity contribution is -0.140. The Kier molecular flexibility index (Phi) is 5.11. The summed E-state index contributed by atoms with van der Waals surface area (Å²) in [7, 11) is -2.32. The van der Waals surface area contributed by atoms with E-state index in [9.17, 15) is 13.2 Å². The molecule has 0 fully saturated rings. The number of esters is 1. The number of carbonyl (C=O) groups is 1. The lowest BCUT2D eigenvalue weighted by atomic mass is 10.1. The van der Waals surface area contributed by atoms with Gasteiger partial charge in [-0.05, 0) is 32.4 Å². The van der Waals surface area contributed by atoms with Crippen LogP contribution in [0, 0.1) is 6.92 Å². The van der Waals surface area contributed by atoms with E-state index in [1.165, 1.54) is 13.2 Å². The van der Waals surface area contributed by atoms with Crippen LogP contribution in [-0.2, 0) is 19.4 Å². The summed E-state index contributed by atoms with van der Waals surface area (Å²) in [6.07, 6.45) is 1.55. The van der Waals surface area contributed by atoms with E-state index >= 15 is 0 Å². The van der Waals surface area contributed by atoms with Crippen molar-refractivity contribution in [3.63, 3.8) is 0 Å². The van der Waals surface area contributed by atoms with Crippen molar-refractivity contribution in [1.29, 1.82) is 0 Å². The van der Waals surface area contributed by atoms with Crippen LogP contribution in [0.15, 0.2) is 41.8 Å². The van der Waals surface area contributed by atoms with Gasteiger partial charge in [-0.3, -0.25) is 4.79 Å². The summed E-state index contributed by atoms with van der Waals surface area (Å²) < 4.78 is 28.7. The average Bonchev–Trinajstić information content (AvgIpc) is 2.44. The minimum absolute atomic E-state index is 0.0319. The highest BCUT2D eigenvalue weighted by molar-refractivity contribution is 7.93. The molecule has 0 spiro atoms. The SMILES string of the molecule is C=CC(C)(CCC(=O)OC)S(=O)(=O)c1ccc(C)cc1. The molecule has 1 rings (SSSR count). The number of rotatable bonds is 6. The van der Waals surface area contributed by atoms with E-state index in [1.54, 1.807) is 31.2 Å². The van der Waals surface area contributed by atoms with Crippen LogP contribution in [-0.4, -0.2) is 26.2 Å². The van der Waals surface area contributed by atoms with Gasteiger partial charge in [-0.1, -0.05) is 23.8 Å². The van der Waals surface area contributed by atoms with Crippen molar-refractivity contribution in [2.45, 2.75) is 36.3 Å². The predicted octanol–water partition coefficient (Wildman–Crippen LogP) is 2.67. The third kappa shape index (κ3) is 3.28. The van der Waals surface area contributed by atoms with E-state index in [-0.39, 0.29) is 17.7 Å². The van der Waals surface area contributed by atoms with Crippen molar-refractivity contribution in [2.75, 3.05) is 7.11 Å². The molecule has 1 aromatic rings. The number of carbonyl (C=O) groups excluding carboxylic acids is 1. The summed E-state index contributed by atoms with van der Waals surface area (Å²) >= 11 is 0. The lowest BCUT2D eigenvalue weighted by Gasteiger charge is -2.25. The van der Waals surface area contributed by atoms with Gasteiger partial charge in [-0.25, -0.2) is 8.42 Å². The Morgan fingerprint density at radius 1 is 1.35 bits per heavy atom. The lowest BCUT2D eigenvalue weighted by Crippen LogP contribution is -2.34. The van der Waals surface area contributed by atoms with Gasteiger partial charge in [0, 0.05) is 6.42 Å². The molecule has 110 valence electrons. The molecule has 0 saturated carbocycles. The van der Waals surface area contributed by atoms with E-state index in [2.05, 4.69) is 11.3 Å². The molecule has 0 aliphatic carbocycles. The van der Waals surface area contributed by atoms with Gasteiger partial charge in [0.05, 0.1) is 16.8 Å². The molecule has 0 aliphatic rings. The number of benzene rings is 1. The number of sulfone groups is 1. The quantitative estimate of drug-likeness (QED) is 0.598. The number of aryl methyl sites for hydroxylation is 1. The van der Waals surface area contributed by atoms with Crippen LogP contribution in [0.4, 0.5) is 0 Å². The molecule has 0 radical (unpaired) electrons. The summed E-state index contributed by atoms with van der Waals surface area (Å²) in [6.45, 7) is 7.07. The molecule has 1 atom stereocenters. The highest BCUT2D eigenvalue weighted by Gasteiger charge is 2.37. The second kappa shape index (κ2) is 6.22. The summed E-state index contributed by atoms with van der Waals surface area (Å²) in [4.78, 5) is 11.5. The number of ether oxygens (including phenoxy) is 1. The first-order valence-corrected chi connectivity index (χ1v) is 7.77. The van der Waals surface area contributed by atoms with Gasteiger partial charge in [-0.15, -0.1) is 6.58 Å². The van der Waals surface area contributed by atoms with Crippen LogP contribution in [0.5, 0.6) is 0 Å². The zero-order valence-electron chi connectivity index (χ0n) is 12.0. The molecule has 0 bridgehead atoms. The summed E-state index contributed by atoms with van der Waals surface area (Å²) in [5.74, 6) is -0.433. The summed E-state index contributed by atoms with van der Waals surface area (Å²) in [5.41, 5.74) is 0.985. The van der Waals surface area contributed by atoms with Gasteiger partial charge in [0.15, 0.2) is 9.84 Å². The molecule has 20 heavy (non-hydrogen) atoms. The topological polar surface area (TPSA) is 60.4 Å². The Balaban J connectivity index is 3.11. The van der Waals surface area contributed by atoms with E-state index in [0.29, 0.717) is 0 Å². The normalized spacial score (nSPS) is 14.3. The smallest absolute Gasteiger partial charge is 0.305 e. The van der Waals surface area contributed by atoms with Crippen LogP contribution in [0.3, 0.4) is 0 Å². The number of hydrogen-bond acceptors (Lipinski definition) is 4. The van der Waals surface area contributed by atoms with Gasteiger partial charge >= 0.3 is 5.97 Å². The van der Waals surface area contributed by atoms with Crippen LogP contribution in [0.2, 0.25) is 0 Å². The standard InChI is InChI=1S/C15H20O4S/c1-5-15(3,11-10-14(16)19-4)20(17,18)13-8-6-12(2)7-9-13/h5-9H,1,10-11H2,2-4H3. The molecular formula is C15H20O4S. The number of hydrogen-bond donors (Lipinski definition) is 0. The molecule has 0 N–H and O–H groups in total. The third-order valence-electron chi connectivity index (χ3n) is 3.43. The zero-order chi connectivity index (χ0) is 15.4. The maximum Gasteiger partial charge on any atom is 0.305 e. The van der Waals surface area contributed by atoms with Crippen molar-refractivity contribution in [2.24, 2.45) is 0 Å². The average molecular weight is 296 g/mol. The van der Waals surface area contributed by atoms with Gasteiger partial charge in [0.1, 0.15) is 0 Å². The fourth-order valence-electron chi connectivity index (χ4n) is 1.79. The molecular weight excluding hydrogens is 276 g/mol. The maximum absolute atomic E-state index is 12.7. The van der Waals surface area contributed by atoms with Gasteiger partial charge in [0.2, 0.25) is 0 Å². The first-order chi connectivity index (χ1) is 9.26. The minimum Gasteiger partial charge on any atom is -0.469 e.